The van der Waals surface area contributed by atoms with Gasteiger partial charge >= 0.3 is 0 Å². The Morgan fingerprint density at radius 3 is 2.93 bits per heavy atom. The van der Waals surface area contributed by atoms with E-state index in [4.69, 9.17) is 4.74 Å². The average molecular weight is 364 g/mol. The van der Waals surface area contributed by atoms with E-state index in [1.807, 2.05) is 25.1 Å². The summed E-state index contributed by atoms with van der Waals surface area (Å²) in [6.45, 7) is 2.50. The number of hydrogen-bond acceptors (Lipinski definition) is 4. The normalized spacial score (nSPS) is 22.5. The fraction of sp³-hybridized carbons (Fsp3) is 0.318. The fourth-order valence-corrected chi connectivity index (χ4v) is 4.30. The highest BCUT2D eigenvalue weighted by atomic mass is 16.5. The molecule has 0 spiro atoms. The minimum absolute atomic E-state index is 0.00452. The smallest absolute Gasteiger partial charge is 0.253 e. The van der Waals surface area contributed by atoms with E-state index in [2.05, 4.69) is 28.9 Å². The van der Waals surface area contributed by atoms with Gasteiger partial charge in [-0.25, -0.2) is 0 Å². The second kappa shape index (κ2) is 6.99. The van der Waals surface area contributed by atoms with Crippen molar-refractivity contribution in [3.8, 4) is 11.5 Å². The minimum atomic E-state index is -0.0707. The summed E-state index contributed by atoms with van der Waals surface area (Å²) in [7, 11) is 1.54. The van der Waals surface area contributed by atoms with Gasteiger partial charge in [-0.3, -0.25) is 4.79 Å². The van der Waals surface area contributed by atoms with Crippen molar-refractivity contribution >= 4 is 11.6 Å². The number of rotatable bonds is 4. The quantitative estimate of drug-likeness (QED) is 0.718. The molecule has 5 nitrogen and oxygen atoms in total. The highest BCUT2D eigenvalue weighted by Gasteiger charge is 2.39. The van der Waals surface area contributed by atoms with Crippen molar-refractivity contribution in [1.29, 1.82) is 0 Å². The van der Waals surface area contributed by atoms with Gasteiger partial charge in [-0.15, -0.1) is 0 Å². The van der Waals surface area contributed by atoms with Gasteiger partial charge in [0.05, 0.1) is 24.4 Å². The molecule has 3 N–H and O–H groups in total. The molecule has 0 radical (unpaired) electrons. The molecule has 2 aliphatic rings. The minimum Gasteiger partial charge on any atom is -0.504 e. The van der Waals surface area contributed by atoms with Crippen LogP contribution in [0.1, 0.15) is 46.8 Å². The van der Waals surface area contributed by atoms with E-state index in [9.17, 15) is 9.90 Å². The summed E-state index contributed by atoms with van der Waals surface area (Å²) in [4.78, 5) is 12.6. The van der Waals surface area contributed by atoms with Crippen LogP contribution < -0.4 is 15.4 Å². The number of carbonyl (C=O) groups excluding carboxylic acids is 1. The molecule has 1 aliphatic carbocycles. The number of hydrogen-bond donors (Lipinski definition) is 3. The predicted molar refractivity (Wildman–Crippen MR) is 105 cm³/mol. The van der Waals surface area contributed by atoms with Crippen LogP contribution in [0, 0.1) is 5.92 Å². The second-order valence-electron chi connectivity index (χ2n) is 7.04. The molecule has 0 saturated carbocycles. The van der Waals surface area contributed by atoms with Crippen molar-refractivity contribution in [2.75, 3.05) is 19.0 Å². The van der Waals surface area contributed by atoms with Gasteiger partial charge < -0.3 is 20.5 Å². The topological polar surface area (TPSA) is 70.6 Å². The van der Waals surface area contributed by atoms with E-state index in [1.165, 1.54) is 0 Å². The van der Waals surface area contributed by atoms with E-state index in [1.54, 1.807) is 19.2 Å². The van der Waals surface area contributed by atoms with Gasteiger partial charge in [-0.05, 0) is 48.6 Å². The Morgan fingerprint density at radius 1 is 1.33 bits per heavy atom. The van der Waals surface area contributed by atoms with Crippen molar-refractivity contribution in [2.24, 2.45) is 5.92 Å². The Labute approximate surface area is 159 Å². The molecule has 1 heterocycles. The lowest BCUT2D eigenvalue weighted by atomic mass is 9.76. The van der Waals surface area contributed by atoms with E-state index in [0.717, 1.165) is 23.2 Å². The molecular weight excluding hydrogens is 340 g/mol. The maximum atomic E-state index is 12.6. The van der Waals surface area contributed by atoms with E-state index >= 15 is 0 Å². The first-order chi connectivity index (χ1) is 13.1. The van der Waals surface area contributed by atoms with Crippen molar-refractivity contribution in [2.45, 2.75) is 25.3 Å². The van der Waals surface area contributed by atoms with Gasteiger partial charge in [0.1, 0.15) is 0 Å². The Hall–Kier alpha value is -2.95. The molecule has 1 aliphatic heterocycles. The van der Waals surface area contributed by atoms with Gasteiger partial charge in [0.2, 0.25) is 0 Å². The monoisotopic (exact) mass is 364 g/mol. The Morgan fingerprint density at radius 2 is 2.19 bits per heavy atom. The predicted octanol–water partition coefficient (Wildman–Crippen LogP) is 3.98. The molecule has 0 aromatic heterocycles. The third-order valence-corrected chi connectivity index (χ3v) is 5.54. The zero-order valence-electron chi connectivity index (χ0n) is 15.5. The zero-order valence-corrected chi connectivity index (χ0v) is 15.5. The molecule has 5 heteroatoms. The number of amides is 1. The largest absolute Gasteiger partial charge is 0.504 e. The number of anilines is 1. The van der Waals surface area contributed by atoms with Gasteiger partial charge in [-0.2, -0.15) is 0 Å². The number of phenols is 1. The molecule has 3 unspecified atom stereocenters. The van der Waals surface area contributed by atoms with Crippen LogP contribution in [0.4, 0.5) is 5.69 Å². The van der Waals surface area contributed by atoms with Crippen LogP contribution in [0.3, 0.4) is 0 Å². The molecule has 0 bridgehead atoms. The van der Waals surface area contributed by atoms with Crippen LogP contribution in [-0.2, 0) is 0 Å². The second-order valence-corrected chi connectivity index (χ2v) is 7.04. The number of ether oxygens (including phenoxy) is 1. The van der Waals surface area contributed by atoms with Crippen molar-refractivity contribution < 1.29 is 14.6 Å². The summed E-state index contributed by atoms with van der Waals surface area (Å²) in [6.07, 6.45) is 5.41. The lowest BCUT2D eigenvalue weighted by molar-refractivity contribution is 0.0956. The maximum absolute atomic E-state index is 12.6. The van der Waals surface area contributed by atoms with Crippen LogP contribution in [0.25, 0.3) is 0 Å². The standard InChI is InChI=1S/C22H24N2O3/c1-3-23-22(26)17-9-5-8-16-14-6-4-7-15(14)20(24-21(16)17)13-10-11-19(27-2)18(25)12-13/h4-6,8-12,14-15,20,24-25H,3,7H2,1-2H3,(H,23,26). The molecule has 0 fully saturated rings. The van der Waals surface area contributed by atoms with E-state index in [0.29, 0.717) is 23.8 Å². The molecule has 2 aromatic carbocycles. The molecule has 4 rings (SSSR count). The van der Waals surface area contributed by atoms with Crippen LogP contribution in [0.5, 0.6) is 11.5 Å². The highest BCUT2D eigenvalue weighted by Crippen LogP contribution is 2.51. The SMILES string of the molecule is CCNC(=O)c1cccc2c1NC(c1ccc(OC)c(O)c1)C1CC=CC21. The summed E-state index contributed by atoms with van der Waals surface area (Å²) in [5.41, 5.74) is 3.70. The maximum Gasteiger partial charge on any atom is 0.253 e. The lowest BCUT2D eigenvalue weighted by Crippen LogP contribution is -2.32. The molecule has 27 heavy (non-hydrogen) atoms. The van der Waals surface area contributed by atoms with Crippen molar-refractivity contribution in [3.05, 3.63) is 65.2 Å². The number of phenolic OH excluding ortho intramolecular Hbond substituents is 1. The lowest BCUT2D eigenvalue weighted by Gasteiger charge is -2.38. The molecular formula is C22H24N2O3. The van der Waals surface area contributed by atoms with Crippen LogP contribution in [0.2, 0.25) is 0 Å². The van der Waals surface area contributed by atoms with Crippen molar-refractivity contribution in [1.82, 2.24) is 5.32 Å². The molecule has 3 atom stereocenters. The Kier molecular flexibility index (Phi) is 4.52. The highest BCUT2D eigenvalue weighted by molar-refractivity contribution is 6.00. The van der Waals surface area contributed by atoms with E-state index < -0.39 is 0 Å². The number of fused-ring (bicyclic) bond motifs is 3. The zero-order chi connectivity index (χ0) is 19.0. The Balaban J connectivity index is 1.78. The number of benzene rings is 2. The Bertz CT molecular complexity index is 906. The number of carbonyl (C=O) groups is 1. The first kappa shape index (κ1) is 17.5. The number of para-hydroxylation sites is 1. The first-order valence-electron chi connectivity index (χ1n) is 9.35. The summed E-state index contributed by atoms with van der Waals surface area (Å²) in [5, 5.41) is 16.7. The van der Waals surface area contributed by atoms with Crippen LogP contribution in [0.15, 0.2) is 48.6 Å². The average Bonchev–Trinajstić information content (AvgIpc) is 3.17. The third-order valence-electron chi connectivity index (χ3n) is 5.54. The molecule has 0 saturated heterocycles. The number of methoxy groups -OCH3 is 1. The summed E-state index contributed by atoms with van der Waals surface area (Å²) < 4.78 is 5.17. The summed E-state index contributed by atoms with van der Waals surface area (Å²) in [6, 6.07) is 11.4. The number of allylic oxidation sites excluding steroid dienone is 2. The number of nitrogens with one attached hydrogen (secondary N) is 2. The molecule has 140 valence electrons. The van der Waals surface area contributed by atoms with Gasteiger partial charge in [0, 0.05) is 12.5 Å². The molecule has 2 aromatic rings. The van der Waals surface area contributed by atoms with Crippen molar-refractivity contribution in [3.63, 3.8) is 0 Å². The van der Waals surface area contributed by atoms with Gasteiger partial charge in [0.25, 0.3) is 5.91 Å². The summed E-state index contributed by atoms with van der Waals surface area (Å²) in [5.74, 6) is 1.11. The van der Waals surface area contributed by atoms with Gasteiger partial charge in [-0.1, -0.05) is 30.4 Å². The molecule has 1 amide bonds. The first-order valence-corrected chi connectivity index (χ1v) is 9.35. The van der Waals surface area contributed by atoms with E-state index in [-0.39, 0.29) is 23.6 Å². The van der Waals surface area contributed by atoms with Crippen LogP contribution in [-0.4, -0.2) is 24.7 Å². The summed E-state index contributed by atoms with van der Waals surface area (Å²) >= 11 is 0. The number of aromatic hydroxyl groups is 1. The van der Waals surface area contributed by atoms with Crippen LogP contribution >= 0.6 is 0 Å². The van der Waals surface area contributed by atoms with Gasteiger partial charge in [0.15, 0.2) is 11.5 Å². The third kappa shape index (κ3) is 2.93. The fourth-order valence-electron chi connectivity index (χ4n) is 4.30.